The summed E-state index contributed by atoms with van der Waals surface area (Å²) in [7, 11) is 0. The Bertz CT molecular complexity index is 419. The number of nitrogens with one attached hydrogen (secondary N) is 1. The van der Waals surface area contributed by atoms with Gasteiger partial charge in [-0.1, -0.05) is 6.08 Å². The van der Waals surface area contributed by atoms with Crippen molar-refractivity contribution >= 4 is 11.4 Å². The number of piperazine rings is 1. The zero-order valence-electron chi connectivity index (χ0n) is 10.8. The minimum Gasteiger partial charge on any atom is -0.354 e. The van der Waals surface area contributed by atoms with Gasteiger partial charge < -0.3 is 10.2 Å². The Balaban J connectivity index is 2.30. The van der Waals surface area contributed by atoms with Crippen LogP contribution < -0.4 is 10.2 Å². The summed E-state index contributed by atoms with van der Waals surface area (Å²) in [4.78, 5) is 11.3. The topological polar surface area (TPSA) is 41.0 Å². The third kappa shape index (κ3) is 2.82. The molecule has 1 aromatic rings. The van der Waals surface area contributed by atoms with E-state index in [2.05, 4.69) is 39.3 Å². The van der Waals surface area contributed by atoms with E-state index in [0.717, 1.165) is 43.5 Å². The Morgan fingerprint density at radius 1 is 1.35 bits per heavy atom. The lowest BCUT2D eigenvalue weighted by molar-refractivity contribution is 0.584. The molecule has 4 heteroatoms. The molecule has 1 aromatic heterocycles. The molecule has 92 valence electrons. The quantitative estimate of drug-likeness (QED) is 0.841. The van der Waals surface area contributed by atoms with Crippen molar-refractivity contribution in [3.63, 3.8) is 0 Å². The van der Waals surface area contributed by atoms with Crippen molar-refractivity contribution in [2.24, 2.45) is 0 Å². The van der Waals surface area contributed by atoms with E-state index in [9.17, 15) is 0 Å². The first kappa shape index (κ1) is 12.0. The summed E-state index contributed by atoms with van der Waals surface area (Å²) in [5, 5.41) is 3.35. The molecule has 0 radical (unpaired) electrons. The van der Waals surface area contributed by atoms with Gasteiger partial charge in [-0.2, -0.15) is 0 Å². The van der Waals surface area contributed by atoms with Gasteiger partial charge in [-0.3, -0.25) is 0 Å². The molecule has 0 unspecified atom stereocenters. The predicted octanol–water partition coefficient (Wildman–Crippen LogP) is 1.62. The second-order valence-electron chi connectivity index (χ2n) is 4.37. The Morgan fingerprint density at radius 2 is 2.06 bits per heavy atom. The van der Waals surface area contributed by atoms with E-state index in [1.165, 1.54) is 5.57 Å². The largest absolute Gasteiger partial charge is 0.354 e. The van der Waals surface area contributed by atoms with Crippen molar-refractivity contribution in [2.45, 2.75) is 20.8 Å². The summed E-state index contributed by atoms with van der Waals surface area (Å²) >= 11 is 0. The van der Waals surface area contributed by atoms with E-state index in [0.29, 0.717) is 0 Å². The first-order valence-corrected chi connectivity index (χ1v) is 6.15. The fraction of sp³-hybridized carbons (Fsp3) is 0.538. The van der Waals surface area contributed by atoms with Crippen LogP contribution in [0, 0.1) is 6.92 Å². The van der Waals surface area contributed by atoms with Crippen LogP contribution in [0.3, 0.4) is 0 Å². The van der Waals surface area contributed by atoms with Crippen molar-refractivity contribution in [3.05, 3.63) is 23.7 Å². The molecule has 0 saturated carbocycles. The highest BCUT2D eigenvalue weighted by Crippen LogP contribution is 2.18. The van der Waals surface area contributed by atoms with Gasteiger partial charge >= 0.3 is 0 Å². The van der Waals surface area contributed by atoms with Crippen LogP contribution in [0.2, 0.25) is 0 Å². The summed E-state index contributed by atoms with van der Waals surface area (Å²) in [6, 6.07) is 2.09. The van der Waals surface area contributed by atoms with E-state index in [1.807, 2.05) is 13.8 Å². The van der Waals surface area contributed by atoms with Crippen molar-refractivity contribution < 1.29 is 0 Å². The number of aryl methyl sites for hydroxylation is 1. The molecule has 2 rings (SSSR count). The first-order chi connectivity index (χ1) is 8.20. The summed E-state index contributed by atoms with van der Waals surface area (Å²) in [5.74, 6) is 1.90. The van der Waals surface area contributed by atoms with E-state index < -0.39 is 0 Å². The van der Waals surface area contributed by atoms with Crippen LogP contribution in [0.1, 0.15) is 25.4 Å². The number of hydrogen-bond donors (Lipinski definition) is 1. The fourth-order valence-corrected chi connectivity index (χ4v) is 1.96. The van der Waals surface area contributed by atoms with Crippen LogP contribution in [-0.2, 0) is 0 Å². The van der Waals surface area contributed by atoms with Gasteiger partial charge in [0.15, 0.2) is 0 Å². The number of nitrogens with zero attached hydrogens (tertiary/aromatic N) is 3. The molecule has 1 N–H and O–H groups in total. The lowest BCUT2D eigenvalue weighted by Crippen LogP contribution is -2.44. The Hall–Kier alpha value is -1.42. The highest BCUT2D eigenvalue weighted by atomic mass is 15.2. The summed E-state index contributed by atoms with van der Waals surface area (Å²) < 4.78 is 0. The van der Waals surface area contributed by atoms with Crippen LogP contribution in [0.15, 0.2) is 12.1 Å². The molecular formula is C13H20N4. The Kier molecular flexibility index (Phi) is 3.74. The Labute approximate surface area is 103 Å². The monoisotopic (exact) mass is 232 g/mol. The van der Waals surface area contributed by atoms with E-state index in [-0.39, 0.29) is 0 Å². The minimum atomic E-state index is 0.845. The molecule has 1 aliphatic heterocycles. The van der Waals surface area contributed by atoms with Crippen molar-refractivity contribution in [3.8, 4) is 0 Å². The molecule has 0 atom stereocenters. The van der Waals surface area contributed by atoms with Gasteiger partial charge in [0.25, 0.3) is 0 Å². The predicted molar refractivity (Wildman–Crippen MR) is 71.2 cm³/mol. The lowest BCUT2D eigenvalue weighted by atomic mass is 10.2. The molecule has 0 amide bonds. The SMILES string of the molecule is C/C=C(\C)c1cc(N2CCNCC2)nc(C)n1. The molecule has 1 saturated heterocycles. The highest BCUT2D eigenvalue weighted by Gasteiger charge is 2.13. The maximum Gasteiger partial charge on any atom is 0.132 e. The van der Waals surface area contributed by atoms with Gasteiger partial charge in [0, 0.05) is 32.2 Å². The molecule has 4 nitrogen and oxygen atoms in total. The second-order valence-corrected chi connectivity index (χ2v) is 4.37. The minimum absolute atomic E-state index is 0.845. The van der Waals surface area contributed by atoms with Crippen molar-refractivity contribution in [1.82, 2.24) is 15.3 Å². The van der Waals surface area contributed by atoms with Crippen LogP contribution >= 0.6 is 0 Å². The van der Waals surface area contributed by atoms with Crippen LogP contribution in [-0.4, -0.2) is 36.1 Å². The summed E-state index contributed by atoms with van der Waals surface area (Å²) in [6.07, 6.45) is 2.09. The Morgan fingerprint density at radius 3 is 2.71 bits per heavy atom. The van der Waals surface area contributed by atoms with Crippen LogP contribution in [0.4, 0.5) is 5.82 Å². The van der Waals surface area contributed by atoms with Crippen LogP contribution in [0.5, 0.6) is 0 Å². The third-order valence-electron chi connectivity index (χ3n) is 3.10. The normalized spacial score (nSPS) is 17.4. The van der Waals surface area contributed by atoms with Crippen LogP contribution in [0.25, 0.3) is 5.57 Å². The van der Waals surface area contributed by atoms with E-state index in [4.69, 9.17) is 0 Å². The molecule has 2 heterocycles. The maximum atomic E-state index is 4.53. The zero-order chi connectivity index (χ0) is 12.3. The summed E-state index contributed by atoms with van der Waals surface area (Å²) in [5.41, 5.74) is 2.24. The van der Waals surface area contributed by atoms with Crippen molar-refractivity contribution in [2.75, 3.05) is 31.1 Å². The van der Waals surface area contributed by atoms with E-state index in [1.54, 1.807) is 0 Å². The zero-order valence-corrected chi connectivity index (χ0v) is 10.8. The average molecular weight is 232 g/mol. The van der Waals surface area contributed by atoms with Gasteiger partial charge in [-0.15, -0.1) is 0 Å². The number of hydrogen-bond acceptors (Lipinski definition) is 4. The maximum absolute atomic E-state index is 4.53. The molecule has 0 aromatic carbocycles. The van der Waals surface area contributed by atoms with Gasteiger partial charge in [0.05, 0.1) is 5.69 Å². The molecular weight excluding hydrogens is 212 g/mol. The third-order valence-corrected chi connectivity index (χ3v) is 3.10. The molecule has 17 heavy (non-hydrogen) atoms. The van der Waals surface area contributed by atoms with Gasteiger partial charge in [-0.25, -0.2) is 9.97 Å². The van der Waals surface area contributed by atoms with Gasteiger partial charge in [-0.05, 0) is 26.3 Å². The van der Waals surface area contributed by atoms with Gasteiger partial charge in [0.1, 0.15) is 11.6 Å². The standard InChI is InChI=1S/C13H20N4/c1-4-10(2)12-9-13(16-11(3)15-12)17-7-5-14-6-8-17/h4,9,14H,5-8H2,1-3H3/b10-4+. The molecule has 0 spiro atoms. The average Bonchev–Trinajstić information content (AvgIpc) is 2.38. The molecule has 0 aliphatic carbocycles. The lowest BCUT2D eigenvalue weighted by Gasteiger charge is -2.28. The molecule has 1 fully saturated rings. The van der Waals surface area contributed by atoms with Gasteiger partial charge in [0.2, 0.25) is 0 Å². The molecule has 0 bridgehead atoms. The number of allylic oxidation sites excluding steroid dienone is 2. The number of anilines is 1. The smallest absolute Gasteiger partial charge is 0.132 e. The number of aromatic nitrogens is 2. The van der Waals surface area contributed by atoms with Crippen molar-refractivity contribution in [1.29, 1.82) is 0 Å². The number of rotatable bonds is 2. The first-order valence-electron chi connectivity index (χ1n) is 6.15. The molecule has 1 aliphatic rings. The second kappa shape index (κ2) is 5.27. The fourth-order valence-electron chi connectivity index (χ4n) is 1.96. The highest BCUT2D eigenvalue weighted by molar-refractivity contribution is 5.63. The van der Waals surface area contributed by atoms with E-state index >= 15 is 0 Å². The summed E-state index contributed by atoms with van der Waals surface area (Å²) in [6.45, 7) is 10.2.